The first-order valence-corrected chi connectivity index (χ1v) is 11.6. The second-order valence-electron chi connectivity index (χ2n) is 6.15. The number of hydrogen-bond acceptors (Lipinski definition) is 6. The lowest BCUT2D eigenvalue weighted by molar-refractivity contribution is 0.281. The predicted octanol–water partition coefficient (Wildman–Crippen LogP) is 5.09. The van der Waals surface area contributed by atoms with Crippen molar-refractivity contribution in [2.75, 3.05) is 11.8 Å². The lowest BCUT2D eigenvalue weighted by atomic mass is 10.3. The quantitative estimate of drug-likeness (QED) is 0.395. The maximum absolute atomic E-state index is 12.6. The van der Waals surface area contributed by atoms with Crippen LogP contribution in [0.25, 0.3) is 5.65 Å². The topological polar surface area (TPSA) is 81.9 Å². The van der Waals surface area contributed by atoms with Crippen LogP contribution in [0.15, 0.2) is 59.8 Å². The first kappa shape index (κ1) is 20.8. The van der Waals surface area contributed by atoms with E-state index in [1.807, 2.05) is 35.0 Å². The molecule has 11 heteroatoms. The molecule has 4 rings (SSSR count). The van der Waals surface area contributed by atoms with Crippen LogP contribution in [0.1, 0.15) is 5.69 Å². The SMILES string of the molecule is COc1ccc(NS(=O)(=O)c2cc(Cl)sc2Cl)cc1OCc1cn2ccccc2n1. The van der Waals surface area contributed by atoms with Crippen LogP contribution < -0.4 is 14.2 Å². The molecule has 0 aliphatic rings. The molecule has 0 radical (unpaired) electrons. The van der Waals surface area contributed by atoms with Crippen molar-refractivity contribution in [3.63, 3.8) is 0 Å². The summed E-state index contributed by atoms with van der Waals surface area (Å²) < 4.78 is 41.2. The van der Waals surface area contributed by atoms with Gasteiger partial charge in [0.1, 0.15) is 21.5 Å². The summed E-state index contributed by atoms with van der Waals surface area (Å²) in [6, 6.07) is 11.7. The number of halogens is 2. The molecule has 7 nitrogen and oxygen atoms in total. The monoisotopic (exact) mass is 483 g/mol. The number of fused-ring (bicyclic) bond motifs is 1. The Bertz CT molecular complexity index is 1290. The van der Waals surface area contributed by atoms with Crippen LogP contribution in [-0.2, 0) is 16.6 Å². The van der Waals surface area contributed by atoms with Crippen molar-refractivity contribution in [1.82, 2.24) is 9.38 Å². The molecule has 156 valence electrons. The molecular weight excluding hydrogens is 469 g/mol. The normalized spacial score (nSPS) is 11.6. The third kappa shape index (κ3) is 4.34. The molecule has 30 heavy (non-hydrogen) atoms. The Hall–Kier alpha value is -2.46. The van der Waals surface area contributed by atoms with Gasteiger partial charge < -0.3 is 13.9 Å². The van der Waals surface area contributed by atoms with Crippen molar-refractivity contribution in [1.29, 1.82) is 0 Å². The van der Waals surface area contributed by atoms with Crippen molar-refractivity contribution in [3.05, 3.63) is 69.2 Å². The molecule has 0 aliphatic carbocycles. The van der Waals surface area contributed by atoms with Gasteiger partial charge in [-0.25, -0.2) is 13.4 Å². The number of thiophene rings is 1. The Morgan fingerprint density at radius 3 is 2.70 bits per heavy atom. The Kier molecular flexibility index (Phi) is 5.79. The number of nitrogens with zero attached hydrogens (tertiary/aromatic N) is 2. The molecule has 0 spiro atoms. The highest BCUT2D eigenvalue weighted by atomic mass is 35.5. The van der Waals surface area contributed by atoms with Gasteiger partial charge in [-0.3, -0.25) is 4.72 Å². The van der Waals surface area contributed by atoms with Gasteiger partial charge in [0.15, 0.2) is 11.5 Å². The van der Waals surface area contributed by atoms with E-state index in [0.717, 1.165) is 17.0 Å². The second-order valence-corrected chi connectivity index (χ2v) is 10.1. The number of methoxy groups -OCH3 is 1. The Morgan fingerprint density at radius 2 is 2.00 bits per heavy atom. The van der Waals surface area contributed by atoms with E-state index >= 15 is 0 Å². The van der Waals surface area contributed by atoms with Gasteiger partial charge in [-0.2, -0.15) is 0 Å². The molecule has 4 aromatic rings. The fraction of sp³-hybridized carbons (Fsp3) is 0.105. The number of pyridine rings is 1. The van der Waals surface area contributed by atoms with Crippen molar-refractivity contribution in [3.8, 4) is 11.5 Å². The van der Waals surface area contributed by atoms with Crippen LogP contribution >= 0.6 is 34.5 Å². The summed E-state index contributed by atoms with van der Waals surface area (Å²) in [7, 11) is -2.41. The van der Waals surface area contributed by atoms with Gasteiger partial charge in [0.05, 0.1) is 22.8 Å². The fourth-order valence-electron chi connectivity index (χ4n) is 2.78. The van der Waals surface area contributed by atoms with Gasteiger partial charge in [-0.05, 0) is 30.3 Å². The first-order chi connectivity index (χ1) is 14.4. The smallest absolute Gasteiger partial charge is 0.264 e. The molecule has 0 saturated heterocycles. The van der Waals surface area contributed by atoms with Crippen molar-refractivity contribution < 1.29 is 17.9 Å². The van der Waals surface area contributed by atoms with Gasteiger partial charge >= 0.3 is 0 Å². The number of rotatable bonds is 7. The molecule has 3 heterocycles. The highest BCUT2D eigenvalue weighted by Crippen LogP contribution is 2.36. The minimum Gasteiger partial charge on any atom is -0.493 e. The summed E-state index contributed by atoms with van der Waals surface area (Å²) in [6.07, 6.45) is 3.75. The van der Waals surface area contributed by atoms with Crippen LogP contribution in [0, 0.1) is 0 Å². The zero-order chi connectivity index (χ0) is 21.3. The van der Waals surface area contributed by atoms with E-state index in [0.29, 0.717) is 22.9 Å². The minimum absolute atomic E-state index is 0.0813. The maximum Gasteiger partial charge on any atom is 0.264 e. The number of hydrogen-bond donors (Lipinski definition) is 1. The molecule has 1 N–H and O–H groups in total. The molecular formula is C19H15Cl2N3O4S2. The number of imidazole rings is 1. The van der Waals surface area contributed by atoms with Gasteiger partial charge in [-0.15, -0.1) is 11.3 Å². The number of aromatic nitrogens is 2. The molecule has 0 atom stereocenters. The van der Waals surface area contributed by atoms with E-state index in [-0.39, 0.29) is 20.2 Å². The van der Waals surface area contributed by atoms with E-state index in [4.69, 9.17) is 32.7 Å². The van der Waals surface area contributed by atoms with Crippen LogP contribution in [0.2, 0.25) is 8.67 Å². The standard InChI is InChI=1S/C19H15Cl2N3O4S2/c1-27-14-6-5-12(23-30(25,26)16-9-17(20)29-19(16)21)8-15(14)28-11-13-10-24-7-3-2-4-18(24)22-13/h2-10,23H,11H2,1H3. The summed E-state index contributed by atoms with van der Waals surface area (Å²) in [4.78, 5) is 4.40. The molecule has 0 saturated carbocycles. The summed E-state index contributed by atoms with van der Waals surface area (Å²) in [5.41, 5.74) is 1.81. The number of benzene rings is 1. The molecule has 0 fully saturated rings. The number of nitrogens with one attached hydrogen (secondary N) is 1. The summed E-state index contributed by atoms with van der Waals surface area (Å²) in [5, 5.41) is 0. The first-order valence-electron chi connectivity index (χ1n) is 8.57. The Labute approximate surface area is 186 Å². The lowest BCUT2D eigenvalue weighted by Gasteiger charge is -2.13. The predicted molar refractivity (Wildman–Crippen MR) is 118 cm³/mol. The zero-order valence-electron chi connectivity index (χ0n) is 15.5. The highest BCUT2D eigenvalue weighted by Gasteiger charge is 2.22. The summed E-state index contributed by atoms with van der Waals surface area (Å²) in [5.74, 6) is 0.822. The average molecular weight is 484 g/mol. The second kappa shape index (κ2) is 8.35. The highest BCUT2D eigenvalue weighted by molar-refractivity contribution is 7.93. The van der Waals surface area contributed by atoms with E-state index in [9.17, 15) is 8.42 Å². The van der Waals surface area contributed by atoms with E-state index in [1.54, 1.807) is 12.1 Å². The largest absolute Gasteiger partial charge is 0.493 e. The van der Waals surface area contributed by atoms with Crippen molar-refractivity contribution >= 4 is 55.9 Å². The molecule has 3 aromatic heterocycles. The summed E-state index contributed by atoms with van der Waals surface area (Å²) >= 11 is 12.8. The van der Waals surface area contributed by atoms with Crippen molar-refractivity contribution in [2.45, 2.75) is 11.5 Å². The molecule has 0 bridgehead atoms. The van der Waals surface area contributed by atoms with Gasteiger partial charge in [0.2, 0.25) is 0 Å². The van der Waals surface area contributed by atoms with E-state index in [2.05, 4.69) is 9.71 Å². The van der Waals surface area contributed by atoms with Crippen LogP contribution in [0.3, 0.4) is 0 Å². The molecule has 0 unspecified atom stereocenters. The van der Waals surface area contributed by atoms with Gasteiger partial charge in [0, 0.05) is 18.5 Å². The number of sulfonamides is 1. The third-order valence-electron chi connectivity index (χ3n) is 4.12. The lowest BCUT2D eigenvalue weighted by Crippen LogP contribution is -2.12. The minimum atomic E-state index is -3.91. The fourth-order valence-corrected chi connectivity index (χ4v) is 5.98. The number of ether oxygens (including phenoxy) is 2. The van der Waals surface area contributed by atoms with Crippen LogP contribution in [0.5, 0.6) is 11.5 Å². The zero-order valence-corrected chi connectivity index (χ0v) is 18.6. The summed E-state index contributed by atoms with van der Waals surface area (Å²) in [6.45, 7) is 0.181. The van der Waals surface area contributed by atoms with Gasteiger partial charge in [-0.1, -0.05) is 29.3 Å². The van der Waals surface area contributed by atoms with E-state index in [1.165, 1.54) is 19.2 Å². The van der Waals surface area contributed by atoms with Crippen molar-refractivity contribution in [2.24, 2.45) is 0 Å². The average Bonchev–Trinajstić information content (AvgIpc) is 3.28. The van der Waals surface area contributed by atoms with Crippen LogP contribution in [0.4, 0.5) is 5.69 Å². The number of anilines is 1. The van der Waals surface area contributed by atoms with Gasteiger partial charge in [0.25, 0.3) is 10.0 Å². The molecule has 1 aromatic carbocycles. The Balaban J connectivity index is 1.56. The molecule has 0 amide bonds. The Morgan fingerprint density at radius 1 is 1.17 bits per heavy atom. The van der Waals surface area contributed by atoms with Crippen LogP contribution in [-0.4, -0.2) is 24.9 Å². The van der Waals surface area contributed by atoms with E-state index < -0.39 is 10.0 Å². The molecule has 0 aliphatic heterocycles. The third-order valence-corrected chi connectivity index (χ3v) is 7.25. The maximum atomic E-state index is 12.6.